The minimum Gasteiger partial charge on any atom is -0.466 e. The molecule has 0 spiro atoms. The van der Waals surface area contributed by atoms with Gasteiger partial charge < -0.3 is 14.8 Å². The summed E-state index contributed by atoms with van der Waals surface area (Å²) in [6, 6.07) is 1.83. The third kappa shape index (κ3) is 2.90. The molecular weight excluding hydrogens is 254 g/mol. The van der Waals surface area contributed by atoms with E-state index < -0.39 is 5.60 Å². The summed E-state index contributed by atoms with van der Waals surface area (Å²) >= 11 is 0. The second-order valence-electron chi connectivity index (χ2n) is 6.55. The fourth-order valence-corrected chi connectivity index (χ4v) is 3.11. The summed E-state index contributed by atoms with van der Waals surface area (Å²) in [6.07, 6.45) is 4.09. The highest BCUT2D eigenvalue weighted by Crippen LogP contribution is 2.37. The topological polar surface area (TPSA) is 62.5 Å². The maximum absolute atomic E-state index is 12.3. The minimum absolute atomic E-state index is 0.0492. The van der Waals surface area contributed by atoms with E-state index in [1.807, 2.05) is 26.8 Å². The van der Waals surface area contributed by atoms with Crippen LogP contribution in [0, 0.1) is 19.3 Å². The molecule has 112 valence electrons. The van der Waals surface area contributed by atoms with Crippen LogP contribution in [0.1, 0.15) is 56.6 Å². The molecule has 1 fully saturated rings. The van der Waals surface area contributed by atoms with Gasteiger partial charge in [-0.1, -0.05) is 19.8 Å². The van der Waals surface area contributed by atoms with Crippen molar-refractivity contribution in [3.05, 3.63) is 23.2 Å². The first-order chi connectivity index (χ1) is 9.24. The number of carbonyl (C=O) groups excluding carboxylic acids is 1. The van der Waals surface area contributed by atoms with Gasteiger partial charge in [-0.2, -0.15) is 0 Å². The highest BCUT2D eigenvalue weighted by atomic mass is 16.3. The van der Waals surface area contributed by atoms with Gasteiger partial charge in [0.2, 0.25) is 5.91 Å². The molecule has 1 aromatic heterocycles. The summed E-state index contributed by atoms with van der Waals surface area (Å²) in [5.41, 5.74) is -0.629. The van der Waals surface area contributed by atoms with Crippen molar-refractivity contribution in [3.63, 3.8) is 0 Å². The molecular formula is C16H25NO3. The van der Waals surface area contributed by atoms with E-state index in [1.54, 1.807) is 6.92 Å². The van der Waals surface area contributed by atoms with E-state index in [2.05, 4.69) is 5.32 Å². The molecule has 1 aliphatic carbocycles. The first kappa shape index (κ1) is 15.1. The molecule has 0 saturated heterocycles. The van der Waals surface area contributed by atoms with Crippen molar-refractivity contribution < 1.29 is 14.3 Å². The molecule has 1 aliphatic rings. The number of rotatable bonds is 4. The van der Waals surface area contributed by atoms with Crippen LogP contribution in [0.25, 0.3) is 0 Å². The van der Waals surface area contributed by atoms with Crippen molar-refractivity contribution in [2.24, 2.45) is 5.41 Å². The number of aliphatic hydroxyl groups is 1. The molecule has 4 heteroatoms. The summed E-state index contributed by atoms with van der Waals surface area (Å²) in [5, 5.41) is 13.5. The number of hydrogen-bond acceptors (Lipinski definition) is 3. The van der Waals surface area contributed by atoms with E-state index in [0.29, 0.717) is 5.76 Å². The SMILES string of the molecule is Cc1cc([C@@](C)(O)CNC(=O)C2(C)CCCC2)c(C)o1. The fraction of sp³-hybridized carbons (Fsp3) is 0.688. The van der Waals surface area contributed by atoms with Crippen LogP contribution in [0.15, 0.2) is 10.5 Å². The highest BCUT2D eigenvalue weighted by molar-refractivity contribution is 5.82. The van der Waals surface area contributed by atoms with Gasteiger partial charge in [0.1, 0.15) is 17.1 Å². The highest BCUT2D eigenvalue weighted by Gasteiger charge is 2.37. The summed E-state index contributed by atoms with van der Waals surface area (Å²) in [5.74, 6) is 1.52. The molecule has 0 bridgehead atoms. The Hall–Kier alpha value is -1.29. The number of aryl methyl sites for hydroxylation is 2. The smallest absolute Gasteiger partial charge is 0.226 e. The lowest BCUT2D eigenvalue weighted by Crippen LogP contribution is -2.44. The number of furan rings is 1. The van der Waals surface area contributed by atoms with Gasteiger partial charge in [0.15, 0.2) is 0 Å². The third-order valence-electron chi connectivity index (χ3n) is 4.47. The molecule has 20 heavy (non-hydrogen) atoms. The molecule has 1 amide bonds. The van der Waals surface area contributed by atoms with Crippen LogP contribution in [0.2, 0.25) is 0 Å². The van der Waals surface area contributed by atoms with Crippen molar-refractivity contribution in [3.8, 4) is 0 Å². The predicted molar refractivity (Wildman–Crippen MR) is 77.3 cm³/mol. The average Bonchev–Trinajstić information content (AvgIpc) is 2.94. The molecule has 0 aromatic carbocycles. The van der Waals surface area contributed by atoms with Crippen LogP contribution in [0.3, 0.4) is 0 Å². The normalized spacial score (nSPS) is 20.6. The largest absolute Gasteiger partial charge is 0.466 e. The van der Waals surface area contributed by atoms with Gasteiger partial charge in [-0.3, -0.25) is 4.79 Å². The van der Waals surface area contributed by atoms with Crippen molar-refractivity contribution in [2.75, 3.05) is 6.54 Å². The monoisotopic (exact) mass is 279 g/mol. The summed E-state index contributed by atoms with van der Waals surface area (Å²) in [4.78, 5) is 12.3. The number of amides is 1. The van der Waals surface area contributed by atoms with Crippen molar-refractivity contribution >= 4 is 5.91 Å². The van der Waals surface area contributed by atoms with Crippen molar-refractivity contribution in [1.82, 2.24) is 5.32 Å². The number of nitrogens with one attached hydrogen (secondary N) is 1. The Morgan fingerprint density at radius 2 is 2.05 bits per heavy atom. The molecule has 1 heterocycles. The molecule has 1 saturated carbocycles. The van der Waals surface area contributed by atoms with Gasteiger partial charge in [0, 0.05) is 11.0 Å². The van der Waals surface area contributed by atoms with Crippen LogP contribution in [-0.2, 0) is 10.4 Å². The Bertz CT molecular complexity index is 496. The summed E-state index contributed by atoms with van der Waals surface area (Å²) < 4.78 is 5.45. The molecule has 1 atom stereocenters. The molecule has 4 nitrogen and oxygen atoms in total. The van der Waals surface area contributed by atoms with Gasteiger partial charge in [-0.25, -0.2) is 0 Å². The second kappa shape index (κ2) is 5.24. The van der Waals surface area contributed by atoms with E-state index >= 15 is 0 Å². The lowest BCUT2D eigenvalue weighted by atomic mass is 9.87. The van der Waals surface area contributed by atoms with Crippen LogP contribution in [0.4, 0.5) is 0 Å². The lowest BCUT2D eigenvalue weighted by molar-refractivity contribution is -0.131. The zero-order chi connectivity index (χ0) is 15.0. The zero-order valence-corrected chi connectivity index (χ0v) is 12.9. The van der Waals surface area contributed by atoms with E-state index in [1.165, 1.54) is 0 Å². The lowest BCUT2D eigenvalue weighted by Gasteiger charge is -2.27. The average molecular weight is 279 g/mol. The van der Waals surface area contributed by atoms with Gasteiger partial charge in [-0.15, -0.1) is 0 Å². The van der Waals surface area contributed by atoms with E-state index in [9.17, 15) is 9.90 Å². The van der Waals surface area contributed by atoms with Crippen LogP contribution in [0.5, 0.6) is 0 Å². The number of carbonyl (C=O) groups is 1. The van der Waals surface area contributed by atoms with Gasteiger partial charge in [0.05, 0.1) is 6.54 Å². The summed E-state index contributed by atoms with van der Waals surface area (Å²) in [6.45, 7) is 7.61. The fourth-order valence-electron chi connectivity index (χ4n) is 3.11. The molecule has 0 unspecified atom stereocenters. The minimum atomic E-state index is -1.10. The number of hydrogen-bond donors (Lipinski definition) is 2. The van der Waals surface area contributed by atoms with Gasteiger partial charge in [-0.05, 0) is 39.7 Å². The van der Waals surface area contributed by atoms with E-state index in [4.69, 9.17) is 4.42 Å². The van der Waals surface area contributed by atoms with Crippen molar-refractivity contribution in [2.45, 2.75) is 59.0 Å². The Kier molecular flexibility index (Phi) is 3.96. The molecule has 0 aliphatic heterocycles. The van der Waals surface area contributed by atoms with E-state index in [-0.39, 0.29) is 17.9 Å². The third-order valence-corrected chi connectivity index (χ3v) is 4.47. The molecule has 2 rings (SSSR count). The Morgan fingerprint density at radius 3 is 2.55 bits per heavy atom. The zero-order valence-electron chi connectivity index (χ0n) is 12.9. The molecule has 1 aromatic rings. The Balaban J connectivity index is 2.02. The summed E-state index contributed by atoms with van der Waals surface area (Å²) in [7, 11) is 0. The quantitative estimate of drug-likeness (QED) is 0.891. The van der Waals surface area contributed by atoms with Gasteiger partial charge >= 0.3 is 0 Å². The Labute approximate surface area is 120 Å². The standard InChI is InChI=1S/C16H25NO3/c1-11-9-13(12(2)20-11)16(4,19)10-17-14(18)15(3)7-5-6-8-15/h9,19H,5-8,10H2,1-4H3,(H,17,18)/t16-/m0/s1. The van der Waals surface area contributed by atoms with E-state index in [0.717, 1.165) is 37.0 Å². The maximum Gasteiger partial charge on any atom is 0.226 e. The predicted octanol–water partition coefficient (Wildman–Crippen LogP) is 2.80. The molecule has 0 radical (unpaired) electrons. The molecule has 2 N–H and O–H groups in total. The van der Waals surface area contributed by atoms with Crippen LogP contribution >= 0.6 is 0 Å². The second-order valence-corrected chi connectivity index (χ2v) is 6.55. The van der Waals surface area contributed by atoms with Crippen LogP contribution < -0.4 is 5.32 Å². The van der Waals surface area contributed by atoms with Crippen molar-refractivity contribution in [1.29, 1.82) is 0 Å². The maximum atomic E-state index is 12.3. The van der Waals surface area contributed by atoms with Crippen LogP contribution in [-0.4, -0.2) is 17.6 Å². The van der Waals surface area contributed by atoms with Gasteiger partial charge in [0.25, 0.3) is 0 Å². The Morgan fingerprint density at radius 1 is 1.45 bits per heavy atom. The first-order valence-electron chi connectivity index (χ1n) is 7.33. The first-order valence-corrected chi connectivity index (χ1v) is 7.33.